The first-order chi connectivity index (χ1) is 10.8. The highest BCUT2D eigenvalue weighted by Gasteiger charge is 2.30. The number of hydrogen-bond acceptors (Lipinski definition) is 5. The normalized spacial score (nSPS) is 13.1. The van der Waals surface area contributed by atoms with Crippen LogP contribution in [0.2, 0.25) is 0 Å². The van der Waals surface area contributed by atoms with E-state index in [1.165, 1.54) is 33.5 Å². The second-order valence-corrected chi connectivity index (χ2v) is 6.01. The van der Waals surface area contributed by atoms with Crippen molar-refractivity contribution in [2.45, 2.75) is 18.9 Å². The summed E-state index contributed by atoms with van der Waals surface area (Å²) in [6, 6.07) is 3.08. The molecule has 0 aliphatic heterocycles. The fraction of sp³-hybridized carbons (Fsp3) is 0.467. The molecule has 128 valence electrons. The van der Waals surface area contributed by atoms with Crippen LogP contribution in [0.1, 0.15) is 23.7 Å². The number of hydrogen-bond donors (Lipinski definition) is 2. The molecule has 0 spiro atoms. The highest BCUT2D eigenvalue weighted by molar-refractivity contribution is 9.10. The number of nitrogens with one attached hydrogen (secondary N) is 1. The van der Waals surface area contributed by atoms with E-state index in [9.17, 15) is 9.59 Å². The number of carboxylic acids is 1. The number of carbonyl (C=O) groups excluding carboxylic acids is 1. The molecule has 1 amide bonds. The summed E-state index contributed by atoms with van der Waals surface area (Å²) < 4.78 is 16.0. The molecule has 0 radical (unpaired) electrons. The van der Waals surface area contributed by atoms with E-state index in [0.717, 1.165) is 0 Å². The third kappa shape index (κ3) is 5.11. The molecular weight excluding hydrogens is 370 g/mol. The van der Waals surface area contributed by atoms with E-state index in [2.05, 4.69) is 21.2 Å². The Morgan fingerprint density at radius 3 is 2.13 bits per heavy atom. The smallest absolute Gasteiger partial charge is 0.305 e. The van der Waals surface area contributed by atoms with Gasteiger partial charge in [-0.3, -0.25) is 9.59 Å². The number of carbonyl (C=O) groups is 2. The van der Waals surface area contributed by atoms with Crippen molar-refractivity contribution in [2.24, 2.45) is 0 Å². The minimum absolute atomic E-state index is 0.0653. The molecule has 0 aliphatic carbocycles. The van der Waals surface area contributed by atoms with Gasteiger partial charge < -0.3 is 24.6 Å². The molecule has 0 bridgehead atoms. The molecule has 1 atom stereocenters. The van der Waals surface area contributed by atoms with Crippen LogP contribution >= 0.6 is 15.9 Å². The van der Waals surface area contributed by atoms with Crippen LogP contribution in [0.4, 0.5) is 0 Å². The predicted molar refractivity (Wildman–Crippen MR) is 87.2 cm³/mol. The largest absolute Gasteiger partial charge is 0.495 e. The molecule has 0 saturated carbocycles. The zero-order valence-electron chi connectivity index (χ0n) is 13.4. The third-order valence-corrected chi connectivity index (χ3v) is 3.91. The number of methoxy groups -OCH3 is 3. The molecule has 0 aromatic heterocycles. The van der Waals surface area contributed by atoms with Crippen LogP contribution in [0.25, 0.3) is 0 Å². The van der Waals surface area contributed by atoms with Gasteiger partial charge in [-0.15, -0.1) is 0 Å². The van der Waals surface area contributed by atoms with Gasteiger partial charge in [0.15, 0.2) is 0 Å². The monoisotopic (exact) mass is 389 g/mol. The minimum atomic E-state index is -1.04. The van der Waals surface area contributed by atoms with E-state index in [-0.39, 0.29) is 18.6 Å². The summed E-state index contributed by atoms with van der Waals surface area (Å²) in [7, 11) is 4.39. The Hall–Kier alpha value is -1.80. The van der Waals surface area contributed by atoms with Gasteiger partial charge in [-0.25, -0.2) is 0 Å². The molecule has 1 unspecified atom stereocenters. The maximum absolute atomic E-state index is 12.5. The molecule has 0 aliphatic rings. The first-order valence-corrected chi connectivity index (χ1v) is 7.50. The van der Waals surface area contributed by atoms with E-state index in [1.807, 2.05) is 0 Å². The minimum Gasteiger partial charge on any atom is -0.495 e. The van der Waals surface area contributed by atoms with Crippen LogP contribution < -0.4 is 14.8 Å². The van der Waals surface area contributed by atoms with Gasteiger partial charge in [0.1, 0.15) is 16.0 Å². The molecule has 1 aromatic rings. The Morgan fingerprint density at radius 2 is 1.74 bits per heavy atom. The average Bonchev–Trinajstić information content (AvgIpc) is 2.46. The summed E-state index contributed by atoms with van der Waals surface area (Å²) in [5.41, 5.74) is -0.750. The Labute approximate surface area is 143 Å². The maximum atomic E-state index is 12.5. The second-order valence-electron chi connectivity index (χ2n) is 5.21. The molecule has 8 heteroatoms. The summed E-state index contributed by atoms with van der Waals surface area (Å²) in [6.45, 7) is 1.67. The molecular formula is C15H20BrNO6. The van der Waals surface area contributed by atoms with Crippen LogP contribution in [-0.4, -0.2) is 50.5 Å². The Kier molecular flexibility index (Phi) is 6.83. The van der Waals surface area contributed by atoms with Gasteiger partial charge in [-0.2, -0.15) is 0 Å². The Bertz CT molecular complexity index is 566. The van der Waals surface area contributed by atoms with Crippen molar-refractivity contribution in [1.82, 2.24) is 5.32 Å². The van der Waals surface area contributed by atoms with Crippen LogP contribution in [-0.2, 0) is 9.53 Å². The maximum Gasteiger partial charge on any atom is 0.305 e. The van der Waals surface area contributed by atoms with Crippen molar-refractivity contribution < 1.29 is 28.9 Å². The lowest BCUT2D eigenvalue weighted by molar-refractivity contribution is -0.139. The molecule has 0 fully saturated rings. The van der Waals surface area contributed by atoms with Gasteiger partial charge in [-0.05, 0) is 35.0 Å². The molecule has 0 saturated heterocycles. The van der Waals surface area contributed by atoms with E-state index in [1.54, 1.807) is 6.92 Å². The van der Waals surface area contributed by atoms with Gasteiger partial charge in [-0.1, -0.05) is 0 Å². The zero-order valence-corrected chi connectivity index (χ0v) is 15.0. The van der Waals surface area contributed by atoms with Crippen LogP contribution in [0.3, 0.4) is 0 Å². The summed E-state index contributed by atoms with van der Waals surface area (Å²) in [6.07, 6.45) is -0.266. The Morgan fingerprint density at radius 1 is 1.22 bits per heavy atom. The summed E-state index contributed by atoms with van der Waals surface area (Å²) >= 11 is 3.32. The van der Waals surface area contributed by atoms with Crippen molar-refractivity contribution in [2.75, 3.05) is 27.9 Å². The van der Waals surface area contributed by atoms with Crippen LogP contribution in [0, 0.1) is 0 Å². The molecule has 0 heterocycles. The molecule has 7 nitrogen and oxygen atoms in total. The molecule has 23 heavy (non-hydrogen) atoms. The number of carboxylic acid groups (broad SMARTS) is 1. The highest BCUT2D eigenvalue weighted by atomic mass is 79.9. The third-order valence-electron chi connectivity index (χ3n) is 3.13. The zero-order chi connectivity index (χ0) is 17.6. The van der Waals surface area contributed by atoms with Gasteiger partial charge in [0.2, 0.25) is 0 Å². The summed E-state index contributed by atoms with van der Waals surface area (Å²) in [5, 5.41) is 11.7. The predicted octanol–water partition coefficient (Wildman–Crippen LogP) is 2.08. The van der Waals surface area contributed by atoms with E-state index in [0.29, 0.717) is 16.0 Å². The lowest BCUT2D eigenvalue weighted by Gasteiger charge is -2.28. The van der Waals surface area contributed by atoms with Crippen LogP contribution in [0.15, 0.2) is 16.6 Å². The molecule has 1 rings (SSSR count). The van der Waals surface area contributed by atoms with Gasteiger partial charge >= 0.3 is 5.97 Å². The number of amides is 1. The SMILES string of the molecule is COCC(C)(CC(=O)O)NC(=O)c1cc(OC)c(Br)c(OC)c1. The van der Waals surface area contributed by atoms with Crippen molar-refractivity contribution in [1.29, 1.82) is 0 Å². The van der Waals surface area contributed by atoms with E-state index >= 15 is 0 Å². The standard InChI is InChI=1S/C15H20BrNO6/c1-15(8-21-2,7-12(18)19)17-14(20)9-5-10(22-3)13(16)11(6-9)23-4/h5-6H,7-8H2,1-4H3,(H,17,20)(H,18,19). The van der Waals surface area contributed by atoms with Crippen molar-refractivity contribution >= 4 is 27.8 Å². The number of benzene rings is 1. The van der Waals surface area contributed by atoms with Crippen molar-refractivity contribution in [3.63, 3.8) is 0 Å². The summed E-state index contributed by atoms with van der Waals surface area (Å²) in [4.78, 5) is 23.5. The summed E-state index contributed by atoms with van der Waals surface area (Å²) in [5.74, 6) is -0.618. The molecule has 1 aromatic carbocycles. The van der Waals surface area contributed by atoms with Gasteiger partial charge in [0.05, 0.1) is 32.8 Å². The fourth-order valence-corrected chi connectivity index (χ4v) is 2.68. The lowest BCUT2D eigenvalue weighted by atomic mass is 9.98. The first-order valence-electron chi connectivity index (χ1n) is 6.71. The van der Waals surface area contributed by atoms with Gasteiger partial charge in [0, 0.05) is 12.7 Å². The number of halogens is 1. The van der Waals surface area contributed by atoms with E-state index < -0.39 is 17.4 Å². The second kappa shape index (κ2) is 8.16. The fourth-order valence-electron chi connectivity index (χ4n) is 2.13. The first kappa shape index (κ1) is 19.2. The van der Waals surface area contributed by atoms with Crippen LogP contribution in [0.5, 0.6) is 11.5 Å². The highest BCUT2D eigenvalue weighted by Crippen LogP contribution is 2.35. The average molecular weight is 390 g/mol. The number of rotatable bonds is 8. The Balaban J connectivity index is 3.10. The quantitative estimate of drug-likeness (QED) is 0.706. The lowest BCUT2D eigenvalue weighted by Crippen LogP contribution is -2.50. The number of aliphatic carboxylic acids is 1. The topological polar surface area (TPSA) is 94.1 Å². The van der Waals surface area contributed by atoms with Crippen molar-refractivity contribution in [3.05, 3.63) is 22.2 Å². The van der Waals surface area contributed by atoms with Crippen molar-refractivity contribution in [3.8, 4) is 11.5 Å². The van der Waals surface area contributed by atoms with Gasteiger partial charge in [0.25, 0.3) is 5.91 Å². The van der Waals surface area contributed by atoms with E-state index in [4.69, 9.17) is 19.3 Å². The molecule has 2 N–H and O–H groups in total. The number of ether oxygens (including phenoxy) is 3.